The normalized spacial score (nSPS) is 40.3. The molecule has 5 rings (SSSR count). The molecule has 0 aromatic heterocycles. The summed E-state index contributed by atoms with van der Waals surface area (Å²) in [5.41, 5.74) is 5.83. The van der Waals surface area contributed by atoms with Crippen LogP contribution in [0.25, 0.3) is 0 Å². The van der Waals surface area contributed by atoms with E-state index in [4.69, 9.17) is 0 Å². The number of hydrogen-bond acceptors (Lipinski definition) is 2. The minimum atomic E-state index is 0.469. The van der Waals surface area contributed by atoms with Crippen LogP contribution in [0, 0.1) is 18.3 Å². The van der Waals surface area contributed by atoms with Gasteiger partial charge in [-0.2, -0.15) is 0 Å². The van der Waals surface area contributed by atoms with Crippen molar-refractivity contribution in [3.05, 3.63) is 34.9 Å². The van der Waals surface area contributed by atoms with E-state index in [1.807, 2.05) is 0 Å². The van der Waals surface area contributed by atoms with Crippen molar-refractivity contribution in [2.45, 2.75) is 70.3 Å². The Balaban J connectivity index is 1.49. The van der Waals surface area contributed by atoms with E-state index in [-0.39, 0.29) is 0 Å². The molecule has 26 heavy (non-hydrogen) atoms. The number of fused-ring (bicyclic) bond motifs is 1. The van der Waals surface area contributed by atoms with Crippen molar-refractivity contribution >= 4 is 0 Å². The summed E-state index contributed by atoms with van der Waals surface area (Å²) in [6.07, 6.45) is 9.80. The van der Waals surface area contributed by atoms with E-state index in [0.29, 0.717) is 10.8 Å². The van der Waals surface area contributed by atoms with Gasteiger partial charge in [-0.1, -0.05) is 37.1 Å². The third-order valence-corrected chi connectivity index (χ3v) is 8.80. The Morgan fingerprint density at radius 2 is 2.00 bits per heavy atom. The van der Waals surface area contributed by atoms with Crippen molar-refractivity contribution < 1.29 is 0 Å². The Kier molecular flexibility index (Phi) is 4.03. The van der Waals surface area contributed by atoms with E-state index in [0.717, 1.165) is 12.0 Å². The lowest BCUT2D eigenvalue weighted by Gasteiger charge is -2.61. The van der Waals surface area contributed by atoms with Crippen LogP contribution in [-0.4, -0.2) is 49.1 Å². The number of aryl methyl sites for hydroxylation is 1. The fourth-order valence-electron chi connectivity index (χ4n) is 7.50. The molecule has 0 N–H and O–H groups in total. The minimum absolute atomic E-state index is 0.469. The van der Waals surface area contributed by atoms with Gasteiger partial charge in [0, 0.05) is 24.5 Å². The van der Waals surface area contributed by atoms with Crippen LogP contribution in [0.5, 0.6) is 0 Å². The molecule has 4 atom stereocenters. The monoisotopic (exact) mass is 352 g/mol. The summed E-state index contributed by atoms with van der Waals surface area (Å²) in [4.78, 5) is 5.49. The molecular formula is C24H36N2. The van der Waals surface area contributed by atoms with Crippen molar-refractivity contribution in [1.82, 2.24) is 9.80 Å². The smallest absolute Gasteiger partial charge is 0.0198 e. The van der Waals surface area contributed by atoms with Gasteiger partial charge in [-0.25, -0.2) is 0 Å². The van der Waals surface area contributed by atoms with Gasteiger partial charge in [0.25, 0.3) is 0 Å². The maximum Gasteiger partial charge on any atom is 0.0198 e. The van der Waals surface area contributed by atoms with Gasteiger partial charge in [0.1, 0.15) is 0 Å². The first-order valence-electron chi connectivity index (χ1n) is 11.0. The standard InChI is InChI=1S/C24H36N2/c1-18-7-8-20-15-22-23(2)9-5-10-24(23,21(20)14-18)11-13-26(22)17-19-6-4-12-25(3)16-19/h7-8,14,19,22H,4-6,9-13,15-17H2,1-3H3. The highest BCUT2D eigenvalue weighted by molar-refractivity contribution is 5.45. The molecule has 3 fully saturated rings. The molecule has 2 aliphatic carbocycles. The van der Waals surface area contributed by atoms with Crippen LogP contribution in [0.15, 0.2) is 18.2 Å². The first-order chi connectivity index (χ1) is 12.5. The molecular weight excluding hydrogens is 316 g/mol. The molecule has 4 unspecified atom stereocenters. The Morgan fingerprint density at radius 3 is 2.85 bits per heavy atom. The Morgan fingerprint density at radius 1 is 1.12 bits per heavy atom. The lowest BCUT2D eigenvalue weighted by molar-refractivity contribution is -0.0485. The predicted octanol–water partition coefficient (Wildman–Crippen LogP) is 4.40. The SMILES string of the molecule is Cc1ccc2c(c1)C13CCCC1(C)C(C2)N(CC1CCCN(C)C1)CC3. The van der Waals surface area contributed by atoms with E-state index < -0.39 is 0 Å². The maximum absolute atomic E-state index is 2.94. The summed E-state index contributed by atoms with van der Waals surface area (Å²) < 4.78 is 0. The fraction of sp³-hybridized carbons (Fsp3) is 0.750. The van der Waals surface area contributed by atoms with Crippen LogP contribution in [0.3, 0.4) is 0 Å². The summed E-state index contributed by atoms with van der Waals surface area (Å²) in [5.74, 6) is 0.880. The first-order valence-corrected chi connectivity index (χ1v) is 11.0. The average Bonchev–Trinajstić information content (AvgIpc) is 2.97. The van der Waals surface area contributed by atoms with Gasteiger partial charge in [-0.15, -0.1) is 0 Å². The molecule has 2 heteroatoms. The molecule has 1 aromatic rings. The zero-order valence-corrected chi connectivity index (χ0v) is 17.1. The van der Waals surface area contributed by atoms with Crippen LogP contribution in [-0.2, 0) is 11.8 Å². The van der Waals surface area contributed by atoms with Crippen LogP contribution in [0.1, 0.15) is 62.1 Å². The molecule has 2 aliphatic heterocycles. The highest BCUT2D eigenvalue weighted by atomic mass is 15.2. The van der Waals surface area contributed by atoms with Crippen LogP contribution < -0.4 is 0 Å². The van der Waals surface area contributed by atoms with Gasteiger partial charge in [-0.05, 0) is 88.0 Å². The van der Waals surface area contributed by atoms with E-state index in [2.05, 4.69) is 48.9 Å². The second-order valence-corrected chi connectivity index (χ2v) is 10.2. The highest BCUT2D eigenvalue weighted by Gasteiger charge is 2.62. The third kappa shape index (κ3) is 2.37. The van der Waals surface area contributed by atoms with Gasteiger partial charge < -0.3 is 4.90 Å². The minimum Gasteiger partial charge on any atom is -0.306 e. The molecule has 0 spiro atoms. The van der Waals surface area contributed by atoms with Crippen molar-refractivity contribution in [1.29, 1.82) is 0 Å². The van der Waals surface area contributed by atoms with E-state index >= 15 is 0 Å². The van der Waals surface area contributed by atoms with Gasteiger partial charge in [-0.3, -0.25) is 4.90 Å². The van der Waals surface area contributed by atoms with Crippen molar-refractivity contribution in [2.24, 2.45) is 11.3 Å². The van der Waals surface area contributed by atoms with Crippen LogP contribution in [0.2, 0.25) is 0 Å². The maximum atomic E-state index is 2.94. The van der Waals surface area contributed by atoms with Crippen LogP contribution >= 0.6 is 0 Å². The van der Waals surface area contributed by atoms with Gasteiger partial charge in [0.15, 0.2) is 0 Å². The molecule has 1 aromatic carbocycles. The molecule has 0 radical (unpaired) electrons. The average molecular weight is 353 g/mol. The third-order valence-electron chi connectivity index (χ3n) is 8.80. The quantitative estimate of drug-likeness (QED) is 0.778. The number of rotatable bonds is 2. The van der Waals surface area contributed by atoms with Crippen molar-refractivity contribution in [3.8, 4) is 0 Å². The molecule has 2 heterocycles. The van der Waals surface area contributed by atoms with Crippen molar-refractivity contribution in [3.63, 3.8) is 0 Å². The molecule has 0 amide bonds. The molecule has 4 aliphatic rings. The largest absolute Gasteiger partial charge is 0.306 e. The number of piperidine rings is 2. The fourth-order valence-corrected chi connectivity index (χ4v) is 7.50. The topological polar surface area (TPSA) is 6.48 Å². The summed E-state index contributed by atoms with van der Waals surface area (Å²) in [6.45, 7) is 10.2. The highest BCUT2D eigenvalue weighted by Crippen LogP contribution is 2.64. The molecule has 142 valence electrons. The lowest BCUT2D eigenvalue weighted by Crippen LogP contribution is -2.64. The molecule has 1 saturated carbocycles. The summed E-state index contributed by atoms with van der Waals surface area (Å²) >= 11 is 0. The molecule has 2 saturated heterocycles. The molecule has 2 nitrogen and oxygen atoms in total. The second kappa shape index (κ2) is 6.07. The predicted molar refractivity (Wildman–Crippen MR) is 109 cm³/mol. The summed E-state index contributed by atoms with van der Waals surface area (Å²) in [5, 5.41) is 0. The van der Waals surface area contributed by atoms with E-state index in [9.17, 15) is 0 Å². The number of nitrogens with zero attached hydrogens (tertiary/aromatic N) is 2. The first kappa shape index (κ1) is 17.3. The number of hydrogen-bond donors (Lipinski definition) is 0. The van der Waals surface area contributed by atoms with Gasteiger partial charge in [0.05, 0.1) is 0 Å². The van der Waals surface area contributed by atoms with Crippen LogP contribution in [0.4, 0.5) is 0 Å². The number of likely N-dealkylation sites (tertiary alicyclic amines) is 2. The second-order valence-electron chi connectivity index (χ2n) is 10.2. The Bertz CT molecular complexity index is 697. The number of benzene rings is 1. The zero-order valence-electron chi connectivity index (χ0n) is 17.1. The zero-order chi connectivity index (χ0) is 17.9. The summed E-state index contributed by atoms with van der Waals surface area (Å²) in [7, 11) is 2.31. The van der Waals surface area contributed by atoms with E-state index in [1.165, 1.54) is 76.7 Å². The Hall–Kier alpha value is -0.860. The molecule has 2 bridgehead atoms. The van der Waals surface area contributed by atoms with Gasteiger partial charge >= 0.3 is 0 Å². The Labute approximate surface area is 159 Å². The van der Waals surface area contributed by atoms with Crippen molar-refractivity contribution in [2.75, 3.05) is 33.2 Å². The van der Waals surface area contributed by atoms with E-state index in [1.54, 1.807) is 11.1 Å². The lowest BCUT2D eigenvalue weighted by atomic mass is 9.51. The van der Waals surface area contributed by atoms with Gasteiger partial charge in [0.2, 0.25) is 0 Å². The summed E-state index contributed by atoms with van der Waals surface area (Å²) in [6, 6.07) is 8.14.